The van der Waals surface area contributed by atoms with Crippen LogP contribution in [0.25, 0.3) is 0 Å². The second kappa shape index (κ2) is 5.93. The van der Waals surface area contributed by atoms with E-state index < -0.39 is 6.61 Å². The van der Waals surface area contributed by atoms with Gasteiger partial charge < -0.3 is 14.8 Å². The molecule has 0 aromatic heterocycles. The number of hydrogen-bond acceptors (Lipinski definition) is 4. The van der Waals surface area contributed by atoms with Crippen LogP contribution < -0.4 is 10.1 Å². The van der Waals surface area contributed by atoms with Gasteiger partial charge in [-0.15, -0.1) is 0 Å². The molecule has 0 fully saturated rings. The zero-order valence-corrected chi connectivity index (χ0v) is 9.07. The molecule has 92 valence electrons. The van der Waals surface area contributed by atoms with Crippen LogP contribution in [0.3, 0.4) is 0 Å². The van der Waals surface area contributed by atoms with Crippen LogP contribution in [-0.4, -0.2) is 25.2 Å². The molecule has 6 heteroatoms. The molecular formula is C11H11F2NO3. The fourth-order valence-electron chi connectivity index (χ4n) is 1.24. The third-order valence-electron chi connectivity index (χ3n) is 1.98. The van der Waals surface area contributed by atoms with Gasteiger partial charge in [0.15, 0.2) is 5.78 Å². The minimum atomic E-state index is -2.96. The van der Waals surface area contributed by atoms with Crippen LogP contribution in [0.2, 0.25) is 0 Å². The lowest BCUT2D eigenvalue weighted by atomic mass is 10.1. The Morgan fingerprint density at radius 3 is 2.76 bits per heavy atom. The number of anilines is 1. The molecule has 1 aromatic rings. The van der Waals surface area contributed by atoms with Crippen molar-refractivity contribution in [3.8, 4) is 5.75 Å². The number of ketones is 1. The highest BCUT2D eigenvalue weighted by atomic mass is 19.3. The van der Waals surface area contributed by atoms with Gasteiger partial charge in [-0.25, -0.2) is 0 Å². The highest BCUT2D eigenvalue weighted by molar-refractivity contribution is 5.95. The lowest BCUT2D eigenvalue weighted by Crippen LogP contribution is -2.09. The Bertz CT molecular complexity index is 421. The number of aldehydes is 1. The first-order chi connectivity index (χ1) is 8.04. The molecule has 1 aromatic carbocycles. The summed E-state index contributed by atoms with van der Waals surface area (Å²) in [5, 5.41) is 2.58. The minimum absolute atomic E-state index is 0.0546. The predicted octanol–water partition coefficient (Wildman–Crippen LogP) is 2.10. The summed E-state index contributed by atoms with van der Waals surface area (Å²) in [5.74, 6) is -0.311. The van der Waals surface area contributed by atoms with Crippen LogP contribution in [0.5, 0.6) is 5.75 Å². The first-order valence-corrected chi connectivity index (χ1v) is 4.82. The van der Waals surface area contributed by atoms with Crippen molar-refractivity contribution < 1.29 is 23.1 Å². The van der Waals surface area contributed by atoms with Crippen molar-refractivity contribution in [2.75, 3.05) is 11.9 Å². The summed E-state index contributed by atoms with van der Waals surface area (Å²) in [5.41, 5.74) is 0.533. The molecule has 0 aliphatic rings. The molecule has 4 nitrogen and oxygen atoms in total. The van der Waals surface area contributed by atoms with E-state index in [0.717, 1.165) is 0 Å². The van der Waals surface area contributed by atoms with Gasteiger partial charge in [0, 0.05) is 5.56 Å². The Morgan fingerprint density at radius 1 is 1.53 bits per heavy atom. The second-order valence-corrected chi connectivity index (χ2v) is 3.19. The highest BCUT2D eigenvalue weighted by Gasteiger charge is 2.11. The number of alkyl halides is 2. The van der Waals surface area contributed by atoms with Crippen molar-refractivity contribution in [3.63, 3.8) is 0 Å². The molecule has 17 heavy (non-hydrogen) atoms. The number of carbonyl (C=O) groups is 2. The normalized spacial score (nSPS) is 10.1. The van der Waals surface area contributed by atoms with Gasteiger partial charge in [0.1, 0.15) is 12.0 Å². The van der Waals surface area contributed by atoms with E-state index in [-0.39, 0.29) is 23.8 Å². The number of benzene rings is 1. The Kier molecular flexibility index (Phi) is 4.56. The summed E-state index contributed by atoms with van der Waals surface area (Å²) in [6.07, 6.45) is 0.576. The van der Waals surface area contributed by atoms with Gasteiger partial charge in [0.25, 0.3) is 0 Å². The number of rotatable bonds is 6. The van der Waals surface area contributed by atoms with Crippen LogP contribution in [-0.2, 0) is 4.79 Å². The van der Waals surface area contributed by atoms with Gasteiger partial charge in [-0.1, -0.05) is 0 Å². The molecule has 0 unspecified atom stereocenters. The minimum Gasteiger partial charge on any atom is -0.433 e. The van der Waals surface area contributed by atoms with E-state index in [1.165, 1.54) is 25.1 Å². The Hall–Kier alpha value is -1.98. The quantitative estimate of drug-likeness (QED) is 0.614. The van der Waals surface area contributed by atoms with Crippen LogP contribution in [0.4, 0.5) is 14.5 Å². The topological polar surface area (TPSA) is 55.4 Å². The smallest absolute Gasteiger partial charge is 0.387 e. The van der Waals surface area contributed by atoms with Crippen molar-refractivity contribution in [2.45, 2.75) is 13.5 Å². The third kappa shape index (κ3) is 3.82. The van der Waals surface area contributed by atoms with E-state index in [2.05, 4.69) is 10.1 Å². The Morgan fingerprint density at radius 2 is 2.24 bits per heavy atom. The lowest BCUT2D eigenvalue weighted by molar-refractivity contribution is -0.106. The third-order valence-corrected chi connectivity index (χ3v) is 1.98. The van der Waals surface area contributed by atoms with Gasteiger partial charge >= 0.3 is 6.61 Å². The zero-order valence-electron chi connectivity index (χ0n) is 9.07. The number of hydrogen-bond donors (Lipinski definition) is 1. The first-order valence-electron chi connectivity index (χ1n) is 4.82. The van der Waals surface area contributed by atoms with Crippen molar-refractivity contribution in [1.82, 2.24) is 0 Å². The van der Waals surface area contributed by atoms with E-state index in [1.807, 2.05) is 0 Å². The maximum Gasteiger partial charge on any atom is 0.387 e. The maximum absolute atomic E-state index is 12.1. The highest BCUT2D eigenvalue weighted by Crippen LogP contribution is 2.27. The summed E-state index contributed by atoms with van der Waals surface area (Å²) in [6.45, 7) is -1.66. The summed E-state index contributed by atoms with van der Waals surface area (Å²) in [7, 11) is 0. The molecule has 0 saturated heterocycles. The molecule has 0 heterocycles. The average molecular weight is 243 g/mol. The van der Waals surface area contributed by atoms with Crippen molar-refractivity contribution in [3.05, 3.63) is 23.8 Å². The average Bonchev–Trinajstić information content (AvgIpc) is 2.26. The summed E-state index contributed by atoms with van der Waals surface area (Å²) < 4.78 is 28.4. The fourth-order valence-corrected chi connectivity index (χ4v) is 1.24. The van der Waals surface area contributed by atoms with Crippen LogP contribution >= 0.6 is 0 Å². The molecule has 0 aliphatic heterocycles. The summed E-state index contributed by atoms with van der Waals surface area (Å²) >= 11 is 0. The number of Topliss-reactive ketones (excluding diaryl/α,β-unsaturated/α-hetero) is 1. The zero-order chi connectivity index (χ0) is 12.8. The molecule has 0 amide bonds. The lowest BCUT2D eigenvalue weighted by Gasteiger charge is -2.12. The van der Waals surface area contributed by atoms with Crippen molar-refractivity contribution >= 4 is 17.8 Å². The van der Waals surface area contributed by atoms with Crippen LogP contribution in [0.1, 0.15) is 17.3 Å². The fraction of sp³-hybridized carbons (Fsp3) is 0.273. The van der Waals surface area contributed by atoms with E-state index in [0.29, 0.717) is 11.8 Å². The Balaban J connectivity index is 3.02. The second-order valence-electron chi connectivity index (χ2n) is 3.19. The van der Waals surface area contributed by atoms with Crippen molar-refractivity contribution in [2.24, 2.45) is 0 Å². The number of carbonyl (C=O) groups excluding carboxylic acids is 2. The van der Waals surface area contributed by atoms with Crippen molar-refractivity contribution in [1.29, 1.82) is 0 Å². The predicted molar refractivity (Wildman–Crippen MR) is 57.6 cm³/mol. The molecule has 0 spiro atoms. The molecule has 0 bridgehead atoms. The van der Waals surface area contributed by atoms with E-state index in [1.54, 1.807) is 0 Å². The van der Waals surface area contributed by atoms with Crippen LogP contribution in [0, 0.1) is 0 Å². The molecule has 0 saturated carbocycles. The molecule has 0 atom stereocenters. The SMILES string of the molecule is CC(=O)c1ccc(OC(F)F)c(NCC=O)c1. The van der Waals surface area contributed by atoms with Gasteiger partial charge in [-0.2, -0.15) is 8.78 Å². The molecule has 1 rings (SSSR count). The molecule has 1 N–H and O–H groups in total. The largest absolute Gasteiger partial charge is 0.433 e. The number of ether oxygens (including phenoxy) is 1. The van der Waals surface area contributed by atoms with Gasteiger partial charge in [-0.3, -0.25) is 4.79 Å². The van der Waals surface area contributed by atoms with Gasteiger partial charge in [0.2, 0.25) is 0 Å². The summed E-state index contributed by atoms with van der Waals surface area (Å²) in [4.78, 5) is 21.3. The Labute approximate surface area is 96.6 Å². The van der Waals surface area contributed by atoms with Crippen LogP contribution in [0.15, 0.2) is 18.2 Å². The van der Waals surface area contributed by atoms with E-state index >= 15 is 0 Å². The standard InChI is InChI=1S/C11H11F2NO3/c1-7(16)8-2-3-10(17-11(12)13)9(6-8)14-4-5-15/h2-3,5-6,11,14H,4H2,1H3. The van der Waals surface area contributed by atoms with Gasteiger partial charge in [0.05, 0.1) is 12.2 Å². The molecule has 0 aliphatic carbocycles. The molecule has 0 radical (unpaired) electrons. The summed E-state index contributed by atoms with van der Waals surface area (Å²) in [6, 6.07) is 4.01. The monoisotopic (exact) mass is 243 g/mol. The van der Waals surface area contributed by atoms with Gasteiger partial charge in [-0.05, 0) is 25.1 Å². The number of nitrogens with one attached hydrogen (secondary N) is 1. The molecular weight excluding hydrogens is 232 g/mol. The van der Waals surface area contributed by atoms with E-state index in [9.17, 15) is 18.4 Å². The maximum atomic E-state index is 12.1. The number of halogens is 2. The first kappa shape index (κ1) is 13.1. The van der Waals surface area contributed by atoms with E-state index in [4.69, 9.17) is 0 Å².